The lowest BCUT2D eigenvalue weighted by Crippen LogP contribution is -2.05. The van der Waals surface area contributed by atoms with Crippen molar-refractivity contribution in [2.24, 2.45) is 0 Å². The van der Waals surface area contributed by atoms with Gasteiger partial charge in [-0.05, 0) is 12.1 Å². The minimum atomic E-state index is -0.645. The van der Waals surface area contributed by atoms with Gasteiger partial charge in [-0.1, -0.05) is 35.5 Å². The van der Waals surface area contributed by atoms with Gasteiger partial charge in [-0.25, -0.2) is 13.8 Å². The molecule has 0 aliphatic heterocycles. The highest BCUT2D eigenvalue weighted by atomic mass is 32.1. The number of nitrogen functional groups attached to an aromatic ring is 1. The Labute approximate surface area is 145 Å². The minimum absolute atomic E-state index is 0.0958. The standard InChI is InChI=1S/C17H11F2N5S/c18-11-6-7-12(19)14(8-11)24-16(20)15(22-23-24)17-21-13(9-25-17)10-4-2-1-3-5-10/h1-9H,20H2. The average molecular weight is 355 g/mol. The third kappa shape index (κ3) is 2.76. The van der Waals surface area contributed by atoms with Crippen molar-refractivity contribution in [2.45, 2.75) is 0 Å². The van der Waals surface area contributed by atoms with E-state index in [-0.39, 0.29) is 11.5 Å². The molecular formula is C17H11F2N5S. The first-order valence-corrected chi connectivity index (χ1v) is 8.19. The molecule has 0 unspecified atom stereocenters. The molecule has 4 aromatic rings. The zero-order valence-electron chi connectivity index (χ0n) is 12.7. The van der Waals surface area contributed by atoms with Crippen LogP contribution in [0.5, 0.6) is 0 Å². The van der Waals surface area contributed by atoms with Gasteiger partial charge in [0.05, 0.1) is 5.69 Å². The molecule has 0 radical (unpaired) electrons. The van der Waals surface area contributed by atoms with Crippen LogP contribution in [-0.2, 0) is 0 Å². The highest BCUT2D eigenvalue weighted by Gasteiger charge is 2.19. The van der Waals surface area contributed by atoms with Crippen molar-refractivity contribution in [2.75, 3.05) is 5.73 Å². The lowest BCUT2D eigenvalue weighted by molar-refractivity contribution is 0.585. The van der Waals surface area contributed by atoms with Crippen molar-refractivity contribution in [3.05, 3.63) is 65.5 Å². The third-order valence-corrected chi connectivity index (χ3v) is 4.47. The Bertz CT molecular complexity index is 1040. The van der Waals surface area contributed by atoms with Crippen LogP contribution in [0.25, 0.3) is 27.6 Å². The molecule has 4 rings (SSSR count). The van der Waals surface area contributed by atoms with Crippen LogP contribution in [0, 0.1) is 11.6 Å². The van der Waals surface area contributed by atoms with E-state index in [0.29, 0.717) is 10.7 Å². The van der Waals surface area contributed by atoms with E-state index in [1.54, 1.807) is 0 Å². The fourth-order valence-electron chi connectivity index (χ4n) is 2.39. The molecule has 0 amide bonds. The Morgan fingerprint density at radius 2 is 1.84 bits per heavy atom. The van der Waals surface area contributed by atoms with Crippen LogP contribution in [0.3, 0.4) is 0 Å². The van der Waals surface area contributed by atoms with E-state index < -0.39 is 11.6 Å². The van der Waals surface area contributed by atoms with Gasteiger partial charge >= 0.3 is 0 Å². The molecule has 8 heteroatoms. The average Bonchev–Trinajstić information content (AvgIpc) is 3.25. The molecule has 0 spiro atoms. The quantitative estimate of drug-likeness (QED) is 0.605. The highest BCUT2D eigenvalue weighted by molar-refractivity contribution is 7.13. The molecule has 5 nitrogen and oxygen atoms in total. The monoisotopic (exact) mass is 355 g/mol. The largest absolute Gasteiger partial charge is 0.382 e. The van der Waals surface area contributed by atoms with Gasteiger partial charge in [-0.15, -0.1) is 16.4 Å². The van der Waals surface area contributed by atoms with Crippen molar-refractivity contribution < 1.29 is 8.78 Å². The lowest BCUT2D eigenvalue weighted by Gasteiger charge is -2.04. The molecule has 2 N–H and O–H groups in total. The number of benzene rings is 2. The second-order valence-electron chi connectivity index (χ2n) is 5.23. The summed E-state index contributed by atoms with van der Waals surface area (Å²) >= 11 is 1.35. The SMILES string of the molecule is Nc1c(-c2nc(-c3ccccc3)cs2)nnn1-c1cc(F)ccc1F. The lowest BCUT2D eigenvalue weighted by atomic mass is 10.2. The van der Waals surface area contributed by atoms with Crippen molar-refractivity contribution in [1.82, 2.24) is 20.0 Å². The summed E-state index contributed by atoms with van der Waals surface area (Å²) in [6.07, 6.45) is 0. The fourth-order valence-corrected chi connectivity index (χ4v) is 3.21. The zero-order chi connectivity index (χ0) is 17.4. The smallest absolute Gasteiger partial charge is 0.165 e. The normalized spacial score (nSPS) is 11.0. The van der Waals surface area contributed by atoms with Crippen LogP contribution in [0.4, 0.5) is 14.6 Å². The Morgan fingerprint density at radius 3 is 2.64 bits per heavy atom. The first-order chi connectivity index (χ1) is 12.1. The summed E-state index contributed by atoms with van der Waals surface area (Å²) in [5.74, 6) is -1.14. The molecule has 2 heterocycles. The van der Waals surface area contributed by atoms with E-state index in [4.69, 9.17) is 5.73 Å². The molecule has 124 valence electrons. The van der Waals surface area contributed by atoms with Gasteiger partial charge in [-0.3, -0.25) is 0 Å². The van der Waals surface area contributed by atoms with Gasteiger partial charge in [0.1, 0.15) is 22.3 Å². The van der Waals surface area contributed by atoms with Crippen molar-refractivity contribution in [1.29, 1.82) is 0 Å². The van der Waals surface area contributed by atoms with E-state index in [9.17, 15) is 8.78 Å². The number of hydrogen-bond acceptors (Lipinski definition) is 5. The molecule has 0 bridgehead atoms. The maximum absolute atomic E-state index is 13.9. The van der Waals surface area contributed by atoms with E-state index >= 15 is 0 Å². The summed E-state index contributed by atoms with van der Waals surface area (Å²) in [5, 5.41) is 10.3. The number of nitrogens with two attached hydrogens (primary N) is 1. The predicted octanol–water partition coefficient (Wildman–Crippen LogP) is 3.92. The highest BCUT2D eigenvalue weighted by Crippen LogP contribution is 2.31. The van der Waals surface area contributed by atoms with Gasteiger partial charge < -0.3 is 5.73 Å². The summed E-state index contributed by atoms with van der Waals surface area (Å²) in [5.41, 5.74) is 8.03. The van der Waals surface area contributed by atoms with Gasteiger partial charge in [0.25, 0.3) is 0 Å². The Morgan fingerprint density at radius 1 is 1.04 bits per heavy atom. The van der Waals surface area contributed by atoms with Crippen molar-refractivity contribution in [3.63, 3.8) is 0 Å². The summed E-state index contributed by atoms with van der Waals surface area (Å²) in [4.78, 5) is 4.51. The van der Waals surface area contributed by atoms with E-state index in [1.807, 2.05) is 35.7 Å². The maximum Gasteiger partial charge on any atom is 0.165 e. The van der Waals surface area contributed by atoms with E-state index in [2.05, 4.69) is 15.3 Å². The third-order valence-electron chi connectivity index (χ3n) is 3.62. The van der Waals surface area contributed by atoms with Crippen LogP contribution >= 0.6 is 11.3 Å². The van der Waals surface area contributed by atoms with E-state index in [0.717, 1.165) is 34.1 Å². The summed E-state index contributed by atoms with van der Waals surface area (Å²) in [6, 6.07) is 12.7. The number of halogens is 2. The molecule has 0 atom stereocenters. The number of rotatable bonds is 3. The van der Waals surface area contributed by atoms with Gasteiger partial charge in [0.2, 0.25) is 0 Å². The van der Waals surface area contributed by atoms with Gasteiger partial charge in [-0.2, -0.15) is 4.68 Å². The van der Waals surface area contributed by atoms with Gasteiger partial charge in [0.15, 0.2) is 11.5 Å². The number of thiazole rings is 1. The topological polar surface area (TPSA) is 69.6 Å². The van der Waals surface area contributed by atoms with Crippen LogP contribution in [0.1, 0.15) is 0 Å². The molecular weight excluding hydrogens is 344 g/mol. The first-order valence-electron chi connectivity index (χ1n) is 7.31. The zero-order valence-corrected chi connectivity index (χ0v) is 13.5. The minimum Gasteiger partial charge on any atom is -0.382 e. The maximum atomic E-state index is 13.9. The molecule has 0 saturated heterocycles. The predicted molar refractivity (Wildman–Crippen MR) is 92.2 cm³/mol. The molecule has 0 saturated carbocycles. The molecule has 0 aliphatic rings. The van der Waals surface area contributed by atoms with Crippen LogP contribution < -0.4 is 5.73 Å². The number of anilines is 1. The Hall–Kier alpha value is -3.13. The second kappa shape index (κ2) is 6.06. The molecule has 2 aromatic carbocycles. The number of nitrogens with zero attached hydrogens (tertiary/aromatic N) is 4. The summed E-state index contributed by atoms with van der Waals surface area (Å²) < 4.78 is 28.4. The van der Waals surface area contributed by atoms with Crippen LogP contribution in [0.2, 0.25) is 0 Å². The van der Waals surface area contributed by atoms with Crippen molar-refractivity contribution in [3.8, 4) is 27.6 Å². The summed E-state index contributed by atoms with van der Waals surface area (Å²) in [7, 11) is 0. The molecule has 0 fully saturated rings. The van der Waals surface area contributed by atoms with Crippen LogP contribution in [0.15, 0.2) is 53.9 Å². The van der Waals surface area contributed by atoms with Crippen molar-refractivity contribution >= 4 is 17.2 Å². The van der Waals surface area contributed by atoms with Crippen LogP contribution in [-0.4, -0.2) is 20.0 Å². The second-order valence-corrected chi connectivity index (χ2v) is 6.09. The number of aromatic nitrogens is 4. The van der Waals surface area contributed by atoms with E-state index in [1.165, 1.54) is 11.3 Å². The first kappa shape index (κ1) is 15.4. The molecule has 2 aromatic heterocycles. The molecule has 0 aliphatic carbocycles. The fraction of sp³-hybridized carbons (Fsp3) is 0. The summed E-state index contributed by atoms with van der Waals surface area (Å²) in [6.45, 7) is 0. The number of hydrogen-bond donors (Lipinski definition) is 1. The molecule has 25 heavy (non-hydrogen) atoms. The van der Waals surface area contributed by atoms with Gasteiger partial charge in [0, 0.05) is 17.0 Å². The Balaban J connectivity index is 1.75. The Kier molecular flexibility index (Phi) is 3.73.